The van der Waals surface area contributed by atoms with Crippen LogP contribution in [0.2, 0.25) is 20.1 Å². The van der Waals surface area contributed by atoms with E-state index in [1.807, 2.05) is 30.3 Å². The Kier molecular flexibility index (Phi) is 6.21. The first-order valence-corrected chi connectivity index (χ1v) is 8.14. The van der Waals surface area contributed by atoms with E-state index >= 15 is 0 Å². The molecule has 0 amide bonds. The van der Waals surface area contributed by atoms with E-state index in [1.54, 1.807) is 6.07 Å². The quantitative estimate of drug-likeness (QED) is 0.668. The molecule has 0 fully saturated rings. The van der Waals surface area contributed by atoms with Crippen LogP contribution in [-0.4, -0.2) is 6.54 Å². The normalized spacial score (nSPS) is 12.4. The molecule has 0 aliphatic carbocycles. The third-order valence-electron chi connectivity index (χ3n) is 3.16. The van der Waals surface area contributed by atoms with Crippen LogP contribution in [0.3, 0.4) is 0 Å². The highest BCUT2D eigenvalue weighted by molar-refractivity contribution is 6.42. The monoisotopic (exact) mass is 361 g/mol. The molecule has 0 radical (unpaired) electrons. The van der Waals surface area contributed by atoms with Crippen molar-refractivity contribution in [3.8, 4) is 0 Å². The van der Waals surface area contributed by atoms with Crippen LogP contribution in [-0.2, 0) is 6.42 Å². The van der Waals surface area contributed by atoms with E-state index in [-0.39, 0.29) is 6.04 Å². The third kappa shape index (κ3) is 4.77. The Labute approximate surface area is 145 Å². The van der Waals surface area contributed by atoms with Crippen LogP contribution in [0.15, 0.2) is 36.4 Å². The average molecular weight is 363 g/mol. The van der Waals surface area contributed by atoms with Gasteiger partial charge in [-0.1, -0.05) is 59.4 Å². The van der Waals surface area contributed by atoms with Gasteiger partial charge in [0.25, 0.3) is 0 Å². The summed E-state index contributed by atoms with van der Waals surface area (Å²) < 4.78 is 0. The molecule has 2 aromatic rings. The van der Waals surface area contributed by atoms with Crippen molar-refractivity contribution in [3.05, 3.63) is 67.6 Å². The summed E-state index contributed by atoms with van der Waals surface area (Å²) in [6, 6.07) is 11.4. The molecule has 1 atom stereocenters. The number of likely N-dealkylation sites (N-methyl/N-ethyl adjacent to an activating group) is 1. The molecule has 2 aromatic carbocycles. The molecule has 0 aliphatic heterocycles. The smallest absolute Gasteiger partial charge is 0.0595 e. The number of rotatable bonds is 5. The van der Waals surface area contributed by atoms with Crippen LogP contribution < -0.4 is 5.32 Å². The van der Waals surface area contributed by atoms with E-state index in [0.717, 1.165) is 24.1 Å². The number of hydrogen-bond acceptors (Lipinski definition) is 1. The minimum Gasteiger partial charge on any atom is -0.310 e. The zero-order chi connectivity index (χ0) is 15.4. The highest BCUT2D eigenvalue weighted by Crippen LogP contribution is 2.28. The summed E-state index contributed by atoms with van der Waals surface area (Å²) in [5, 5.41) is 5.83. The minimum absolute atomic E-state index is 0.114. The van der Waals surface area contributed by atoms with E-state index in [0.29, 0.717) is 20.1 Å². The molecule has 0 aromatic heterocycles. The summed E-state index contributed by atoms with van der Waals surface area (Å²) >= 11 is 24.2. The van der Waals surface area contributed by atoms with Gasteiger partial charge in [-0.25, -0.2) is 0 Å². The van der Waals surface area contributed by atoms with Crippen LogP contribution in [0.5, 0.6) is 0 Å². The zero-order valence-corrected chi connectivity index (χ0v) is 14.5. The second-order valence-corrected chi connectivity index (χ2v) is 6.45. The standard InChI is InChI=1S/C16H15Cl4N/c1-2-21-16(11-7-12(17)9-13(18)8-11)6-10-3-4-14(19)15(20)5-10/h3-5,7-9,16,21H,2,6H2,1H3. The Balaban J connectivity index is 2.27. The molecule has 1 N–H and O–H groups in total. The maximum absolute atomic E-state index is 6.09. The van der Waals surface area contributed by atoms with E-state index in [4.69, 9.17) is 46.4 Å². The molecule has 1 unspecified atom stereocenters. The molecule has 21 heavy (non-hydrogen) atoms. The highest BCUT2D eigenvalue weighted by atomic mass is 35.5. The molecule has 1 nitrogen and oxygen atoms in total. The van der Waals surface area contributed by atoms with Crippen molar-refractivity contribution in [3.63, 3.8) is 0 Å². The maximum atomic E-state index is 6.09. The van der Waals surface area contributed by atoms with E-state index in [1.165, 1.54) is 0 Å². The Bertz CT molecular complexity index is 607. The zero-order valence-electron chi connectivity index (χ0n) is 11.5. The summed E-state index contributed by atoms with van der Waals surface area (Å²) in [7, 11) is 0. The summed E-state index contributed by atoms with van der Waals surface area (Å²) in [6.45, 7) is 2.91. The molecule has 0 bridgehead atoms. The molecule has 0 spiro atoms. The fourth-order valence-electron chi connectivity index (χ4n) is 2.23. The largest absolute Gasteiger partial charge is 0.310 e. The second kappa shape index (κ2) is 7.71. The first kappa shape index (κ1) is 16.9. The Morgan fingerprint density at radius 1 is 0.905 bits per heavy atom. The van der Waals surface area contributed by atoms with Crippen molar-refractivity contribution < 1.29 is 0 Å². The van der Waals surface area contributed by atoms with Crippen LogP contribution in [0.1, 0.15) is 24.1 Å². The summed E-state index contributed by atoms with van der Waals surface area (Å²) in [5.74, 6) is 0. The third-order valence-corrected chi connectivity index (χ3v) is 4.34. The number of nitrogens with one attached hydrogen (secondary N) is 1. The molecule has 0 heterocycles. The van der Waals surface area contributed by atoms with Gasteiger partial charge < -0.3 is 5.32 Å². The van der Waals surface area contributed by atoms with Gasteiger partial charge >= 0.3 is 0 Å². The molecule has 0 saturated heterocycles. The molecule has 112 valence electrons. The SMILES string of the molecule is CCNC(Cc1ccc(Cl)c(Cl)c1)c1cc(Cl)cc(Cl)c1. The lowest BCUT2D eigenvalue weighted by molar-refractivity contribution is 0.550. The predicted octanol–water partition coefficient (Wildman–Crippen LogP) is 6.19. The van der Waals surface area contributed by atoms with Crippen molar-refractivity contribution in [1.82, 2.24) is 5.32 Å². The minimum atomic E-state index is 0.114. The van der Waals surface area contributed by atoms with Gasteiger partial charge in [0.05, 0.1) is 10.0 Å². The van der Waals surface area contributed by atoms with Gasteiger partial charge in [-0.3, -0.25) is 0 Å². The first-order valence-electron chi connectivity index (χ1n) is 6.63. The van der Waals surface area contributed by atoms with Crippen LogP contribution in [0, 0.1) is 0 Å². The average Bonchev–Trinajstić information content (AvgIpc) is 2.41. The van der Waals surface area contributed by atoms with Crippen LogP contribution >= 0.6 is 46.4 Å². The number of halogens is 4. The van der Waals surface area contributed by atoms with Gasteiger partial charge in [-0.05, 0) is 54.4 Å². The number of hydrogen-bond donors (Lipinski definition) is 1. The lowest BCUT2D eigenvalue weighted by atomic mass is 9.99. The Morgan fingerprint density at radius 3 is 2.14 bits per heavy atom. The summed E-state index contributed by atoms with van der Waals surface area (Å²) in [4.78, 5) is 0. The summed E-state index contributed by atoms with van der Waals surface area (Å²) in [6.07, 6.45) is 0.779. The number of benzene rings is 2. The molecule has 0 aliphatic rings. The molecule has 5 heteroatoms. The van der Waals surface area contributed by atoms with Crippen LogP contribution in [0.25, 0.3) is 0 Å². The topological polar surface area (TPSA) is 12.0 Å². The van der Waals surface area contributed by atoms with Gasteiger partial charge in [-0.15, -0.1) is 0 Å². The fraction of sp³-hybridized carbons (Fsp3) is 0.250. The van der Waals surface area contributed by atoms with Crippen molar-refractivity contribution in [2.24, 2.45) is 0 Å². The van der Waals surface area contributed by atoms with E-state index < -0.39 is 0 Å². The molecular weight excluding hydrogens is 348 g/mol. The van der Waals surface area contributed by atoms with Gasteiger partial charge in [-0.2, -0.15) is 0 Å². The first-order chi connectivity index (χ1) is 9.99. The molecule has 2 rings (SSSR count). The lowest BCUT2D eigenvalue weighted by Crippen LogP contribution is -2.23. The van der Waals surface area contributed by atoms with Crippen molar-refractivity contribution >= 4 is 46.4 Å². The van der Waals surface area contributed by atoms with E-state index in [9.17, 15) is 0 Å². The van der Waals surface area contributed by atoms with Crippen molar-refractivity contribution in [2.45, 2.75) is 19.4 Å². The molecule has 0 saturated carbocycles. The van der Waals surface area contributed by atoms with Gasteiger partial charge in [0.2, 0.25) is 0 Å². The maximum Gasteiger partial charge on any atom is 0.0595 e. The van der Waals surface area contributed by atoms with Crippen molar-refractivity contribution in [2.75, 3.05) is 6.54 Å². The lowest BCUT2D eigenvalue weighted by Gasteiger charge is -2.19. The second-order valence-electron chi connectivity index (χ2n) is 4.77. The Hall–Kier alpha value is -0.440. The van der Waals surface area contributed by atoms with E-state index in [2.05, 4.69) is 12.2 Å². The fourth-order valence-corrected chi connectivity index (χ4v) is 3.10. The summed E-state index contributed by atoms with van der Waals surface area (Å²) in [5.41, 5.74) is 2.16. The highest BCUT2D eigenvalue weighted by Gasteiger charge is 2.13. The van der Waals surface area contributed by atoms with Gasteiger partial charge in [0, 0.05) is 16.1 Å². The van der Waals surface area contributed by atoms with Gasteiger partial charge in [0.1, 0.15) is 0 Å². The van der Waals surface area contributed by atoms with Crippen LogP contribution in [0.4, 0.5) is 0 Å². The predicted molar refractivity (Wildman–Crippen MR) is 93.0 cm³/mol. The molecular formula is C16H15Cl4N. The van der Waals surface area contributed by atoms with Gasteiger partial charge in [0.15, 0.2) is 0 Å². The Morgan fingerprint density at radius 2 is 1.57 bits per heavy atom. The van der Waals surface area contributed by atoms with Crippen molar-refractivity contribution in [1.29, 1.82) is 0 Å².